The van der Waals surface area contributed by atoms with E-state index in [9.17, 15) is 19.5 Å². The SMILES string of the molecule is COC(=O)c1c(Cc2ccc(C(=O)NCC(O)CO)cc2)c(=O)c2ccccc2n1-c1ccccc1. The van der Waals surface area contributed by atoms with Gasteiger partial charge in [0.05, 0.1) is 25.3 Å². The van der Waals surface area contributed by atoms with Crippen LogP contribution in [0.5, 0.6) is 0 Å². The molecule has 0 fully saturated rings. The summed E-state index contributed by atoms with van der Waals surface area (Å²) < 4.78 is 6.84. The molecule has 1 heterocycles. The number of carbonyl (C=O) groups excluding carboxylic acids is 2. The normalized spacial score (nSPS) is 11.8. The van der Waals surface area contributed by atoms with Gasteiger partial charge in [-0.15, -0.1) is 0 Å². The van der Waals surface area contributed by atoms with Crippen LogP contribution in [0.25, 0.3) is 16.6 Å². The summed E-state index contributed by atoms with van der Waals surface area (Å²) in [5.41, 5.74) is 2.55. The Morgan fingerprint density at radius 2 is 1.64 bits per heavy atom. The molecule has 36 heavy (non-hydrogen) atoms. The first-order valence-corrected chi connectivity index (χ1v) is 11.4. The summed E-state index contributed by atoms with van der Waals surface area (Å²) in [6.07, 6.45) is -0.892. The average molecular weight is 487 g/mol. The van der Waals surface area contributed by atoms with Crippen molar-refractivity contribution in [3.8, 4) is 5.69 Å². The fourth-order valence-electron chi connectivity index (χ4n) is 4.06. The van der Waals surface area contributed by atoms with Crippen LogP contribution >= 0.6 is 0 Å². The van der Waals surface area contributed by atoms with E-state index < -0.39 is 24.6 Å². The summed E-state index contributed by atoms with van der Waals surface area (Å²) >= 11 is 0. The third kappa shape index (κ3) is 5.05. The molecule has 3 aromatic carbocycles. The number of hydrogen-bond acceptors (Lipinski definition) is 6. The Kier molecular flexibility index (Phi) is 7.58. The van der Waals surface area contributed by atoms with Gasteiger partial charge in [-0.2, -0.15) is 0 Å². The number of benzene rings is 3. The van der Waals surface area contributed by atoms with Crippen LogP contribution in [-0.4, -0.2) is 53.0 Å². The zero-order chi connectivity index (χ0) is 25.7. The van der Waals surface area contributed by atoms with Crippen LogP contribution < -0.4 is 10.7 Å². The monoisotopic (exact) mass is 486 g/mol. The first-order chi connectivity index (χ1) is 17.4. The number of fused-ring (bicyclic) bond motifs is 1. The van der Waals surface area contributed by atoms with Crippen molar-refractivity contribution in [1.82, 2.24) is 9.88 Å². The molecule has 0 saturated carbocycles. The summed E-state index contributed by atoms with van der Waals surface area (Å²) in [4.78, 5) is 38.9. The molecule has 3 N–H and O–H groups in total. The van der Waals surface area contributed by atoms with Gasteiger partial charge in [0.25, 0.3) is 5.91 Å². The van der Waals surface area contributed by atoms with Gasteiger partial charge in [-0.25, -0.2) is 4.79 Å². The number of esters is 1. The van der Waals surface area contributed by atoms with E-state index in [0.29, 0.717) is 22.2 Å². The second-order valence-corrected chi connectivity index (χ2v) is 8.26. The minimum absolute atomic E-state index is 0.0737. The minimum atomic E-state index is -1.04. The summed E-state index contributed by atoms with van der Waals surface area (Å²) in [5, 5.41) is 21.3. The number of nitrogens with one attached hydrogen (secondary N) is 1. The van der Waals surface area contributed by atoms with E-state index in [4.69, 9.17) is 9.84 Å². The van der Waals surface area contributed by atoms with E-state index in [-0.39, 0.29) is 29.7 Å². The largest absolute Gasteiger partial charge is 0.464 e. The van der Waals surface area contributed by atoms with Crippen molar-refractivity contribution in [3.63, 3.8) is 0 Å². The predicted octanol–water partition coefficient (Wildman–Crippen LogP) is 2.45. The lowest BCUT2D eigenvalue weighted by atomic mass is 9.98. The Hall–Kier alpha value is -4.27. The lowest BCUT2D eigenvalue weighted by Gasteiger charge is -2.19. The van der Waals surface area contributed by atoms with Crippen LogP contribution in [0.4, 0.5) is 0 Å². The number of para-hydroxylation sites is 2. The van der Waals surface area contributed by atoms with Crippen LogP contribution in [0, 0.1) is 0 Å². The van der Waals surface area contributed by atoms with Gasteiger partial charge in [0.1, 0.15) is 5.69 Å². The Morgan fingerprint density at radius 1 is 0.972 bits per heavy atom. The van der Waals surface area contributed by atoms with E-state index in [2.05, 4.69) is 5.32 Å². The highest BCUT2D eigenvalue weighted by Gasteiger charge is 2.24. The number of aliphatic hydroxyl groups excluding tert-OH is 2. The number of aromatic nitrogens is 1. The first-order valence-electron chi connectivity index (χ1n) is 11.4. The second-order valence-electron chi connectivity index (χ2n) is 8.26. The molecule has 184 valence electrons. The number of pyridine rings is 1. The number of amides is 1. The van der Waals surface area contributed by atoms with Crippen molar-refractivity contribution < 1.29 is 24.5 Å². The molecule has 0 radical (unpaired) electrons. The molecule has 0 bridgehead atoms. The summed E-state index contributed by atoms with van der Waals surface area (Å²) in [5.74, 6) is -1.03. The zero-order valence-electron chi connectivity index (χ0n) is 19.7. The molecule has 0 spiro atoms. The van der Waals surface area contributed by atoms with Gasteiger partial charge in [0.2, 0.25) is 0 Å². The maximum atomic E-state index is 13.6. The zero-order valence-corrected chi connectivity index (χ0v) is 19.7. The lowest BCUT2D eigenvalue weighted by molar-refractivity contribution is 0.0589. The maximum Gasteiger partial charge on any atom is 0.355 e. The van der Waals surface area contributed by atoms with Crippen LogP contribution in [0.15, 0.2) is 83.7 Å². The van der Waals surface area contributed by atoms with Crippen molar-refractivity contribution in [2.24, 2.45) is 0 Å². The molecule has 0 aliphatic heterocycles. The molecule has 0 aliphatic carbocycles. The van der Waals surface area contributed by atoms with Crippen molar-refractivity contribution in [2.45, 2.75) is 12.5 Å². The number of rotatable bonds is 8. The minimum Gasteiger partial charge on any atom is -0.464 e. The molecular weight excluding hydrogens is 460 g/mol. The van der Waals surface area contributed by atoms with Gasteiger partial charge in [-0.05, 0) is 42.0 Å². The smallest absolute Gasteiger partial charge is 0.355 e. The Morgan fingerprint density at radius 3 is 2.31 bits per heavy atom. The van der Waals surface area contributed by atoms with Crippen molar-refractivity contribution in [3.05, 3.63) is 111 Å². The van der Waals surface area contributed by atoms with Crippen LogP contribution in [0.1, 0.15) is 32.0 Å². The molecule has 1 unspecified atom stereocenters. The molecule has 4 rings (SSSR count). The van der Waals surface area contributed by atoms with E-state index >= 15 is 0 Å². The van der Waals surface area contributed by atoms with Gasteiger partial charge in [-0.3, -0.25) is 9.59 Å². The fourth-order valence-corrected chi connectivity index (χ4v) is 4.06. The molecule has 8 heteroatoms. The van der Waals surface area contributed by atoms with Gasteiger partial charge in [0, 0.05) is 35.2 Å². The van der Waals surface area contributed by atoms with E-state index in [1.165, 1.54) is 7.11 Å². The average Bonchev–Trinajstić information content (AvgIpc) is 2.93. The van der Waals surface area contributed by atoms with Gasteiger partial charge in [0.15, 0.2) is 5.43 Å². The number of hydrogen-bond donors (Lipinski definition) is 3. The van der Waals surface area contributed by atoms with E-state index in [1.54, 1.807) is 47.0 Å². The van der Waals surface area contributed by atoms with Crippen molar-refractivity contribution in [1.29, 1.82) is 0 Å². The number of carbonyl (C=O) groups is 2. The molecule has 1 amide bonds. The van der Waals surface area contributed by atoms with Gasteiger partial charge < -0.3 is 24.8 Å². The maximum absolute atomic E-state index is 13.6. The Balaban J connectivity index is 1.79. The topological polar surface area (TPSA) is 118 Å². The van der Waals surface area contributed by atoms with Crippen molar-refractivity contribution >= 4 is 22.8 Å². The summed E-state index contributed by atoms with van der Waals surface area (Å²) in [6.45, 7) is -0.524. The highest BCUT2D eigenvalue weighted by atomic mass is 16.5. The quantitative estimate of drug-likeness (QED) is 0.329. The second kappa shape index (κ2) is 11.0. The summed E-state index contributed by atoms with van der Waals surface area (Å²) in [7, 11) is 1.28. The highest BCUT2D eigenvalue weighted by Crippen LogP contribution is 2.24. The van der Waals surface area contributed by atoms with E-state index in [0.717, 1.165) is 5.56 Å². The Labute approximate surface area is 207 Å². The third-order valence-corrected chi connectivity index (χ3v) is 5.87. The highest BCUT2D eigenvalue weighted by molar-refractivity contribution is 5.95. The molecule has 1 aromatic heterocycles. The van der Waals surface area contributed by atoms with Gasteiger partial charge >= 0.3 is 5.97 Å². The molecule has 1 atom stereocenters. The van der Waals surface area contributed by atoms with Crippen LogP contribution in [0.3, 0.4) is 0 Å². The molecular formula is C28H26N2O6. The fraction of sp³-hybridized carbons (Fsp3) is 0.179. The Bertz CT molecular complexity index is 1450. The third-order valence-electron chi connectivity index (χ3n) is 5.87. The number of aliphatic hydroxyl groups is 2. The van der Waals surface area contributed by atoms with Crippen LogP contribution in [-0.2, 0) is 11.2 Å². The number of ether oxygens (including phenoxy) is 1. The van der Waals surface area contributed by atoms with Crippen LogP contribution in [0.2, 0.25) is 0 Å². The molecule has 8 nitrogen and oxygen atoms in total. The van der Waals surface area contributed by atoms with Gasteiger partial charge in [-0.1, -0.05) is 42.5 Å². The molecule has 0 aliphatic rings. The first kappa shape index (κ1) is 24.8. The lowest BCUT2D eigenvalue weighted by Crippen LogP contribution is -2.33. The standard InChI is InChI=1S/C28H26N2O6/c1-36-28(35)25-23(15-18-11-13-19(14-12-18)27(34)29-16-21(32)17-31)26(33)22-9-5-6-10-24(22)30(25)20-7-3-2-4-8-20/h2-14,21,31-32H,15-17H2,1H3,(H,29,34). The number of methoxy groups -OCH3 is 1. The predicted molar refractivity (Wildman–Crippen MR) is 136 cm³/mol. The molecule has 4 aromatic rings. The van der Waals surface area contributed by atoms with E-state index in [1.807, 2.05) is 36.4 Å². The number of nitrogens with zero attached hydrogens (tertiary/aromatic N) is 1. The van der Waals surface area contributed by atoms with Crippen molar-refractivity contribution in [2.75, 3.05) is 20.3 Å². The summed E-state index contributed by atoms with van der Waals surface area (Å²) in [6, 6.07) is 23.0. The molecule has 0 saturated heterocycles.